The maximum atomic E-state index is 10.1. The van der Waals surface area contributed by atoms with Crippen molar-refractivity contribution in [2.75, 3.05) is 0 Å². The molecule has 7 heavy (non-hydrogen) atoms. The molecule has 0 unspecified atom stereocenters. The largest absolute Gasteiger partial charge is 0.333 e. The topological polar surface area (TPSA) is 46.2 Å². The highest BCUT2D eigenvalue weighted by Crippen LogP contribution is 2.10. The lowest BCUT2D eigenvalue weighted by Crippen LogP contribution is -2.05. The standard InChI is InChI=1S/C3H2NO2S/c5-2-1-4-3(6)7-2/h1H,(H,4,6). The number of amides is 1. The second-order valence-electron chi connectivity index (χ2n) is 0.997. The zero-order valence-corrected chi connectivity index (χ0v) is 4.12. The highest BCUT2D eigenvalue weighted by Gasteiger charge is 2.18. The first-order valence-corrected chi connectivity index (χ1v) is 2.46. The molecule has 1 aliphatic rings. The molecule has 1 aliphatic heterocycles. The first-order chi connectivity index (χ1) is 3.29. The van der Waals surface area contributed by atoms with Gasteiger partial charge in [0, 0.05) is 11.8 Å². The van der Waals surface area contributed by atoms with Crippen molar-refractivity contribution in [2.24, 2.45) is 0 Å². The Labute approximate surface area is 44.5 Å². The average molecular weight is 116 g/mol. The first kappa shape index (κ1) is 4.64. The van der Waals surface area contributed by atoms with E-state index in [-0.39, 0.29) is 10.4 Å². The van der Waals surface area contributed by atoms with Crippen LogP contribution in [-0.2, 0) is 4.79 Å². The van der Waals surface area contributed by atoms with Gasteiger partial charge in [-0.05, 0) is 0 Å². The molecule has 0 aromatic heterocycles. The van der Waals surface area contributed by atoms with Crippen LogP contribution in [0.1, 0.15) is 0 Å². The molecule has 4 heteroatoms. The van der Waals surface area contributed by atoms with E-state index in [4.69, 9.17) is 0 Å². The maximum absolute atomic E-state index is 10.1. The van der Waals surface area contributed by atoms with Crippen molar-refractivity contribution in [3.05, 3.63) is 6.54 Å². The zero-order chi connectivity index (χ0) is 5.28. The van der Waals surface area contributed by atoms with Gasteiger partial charge in [-0.3, -0.25) is 9.59 Å². The summed E-state index contributed by atoms with van der Waals surface area (Å²) in [5.74, 6) is 0. The molecule has 37 valence electrons. The molecule has 1 fully saturated rings. The minimum atomic E-state index is -0.287. The van der Waals surface area contributed by atoms with E-state index in [1.807, 2.05) is 0 Å². The van der Waals surface area contributed by atoms with E-state index in [0.29, 0.717) is 11.8 Å². The molecule has 0 atom stereocenters. The third-order valence-corrected chi connectivity index (χ3v) is 1.12. The van der Waals surface area contributed by atoms with Gasteiger partial charge >= 0.3 is 0 Å². The summed E-state index contributed by atoms with van der Waals surface area (Å²) in [5, 5.41) is 1.71. The van der Waals surface area contributed by atoms with Crippen LogP contribution in [0.2, 0.25) is 0 Å². The molecular formula is C3H2NO2S. The summed E-state index contributed by atoms with van der Waals surface area (Å²) < 4.78 is 0. The number of hydrogen-bond acceptors (Lipinski definition) is 3. The highest BCUT2D eigenvalue weighted by molar-refractivity contribution is 8.26. The van der Waals surface area contributed by atoms with Crippen molar-refractivity contribution in [1.82, 2.24) is 5.32 Å². The van der Waals surface area contributed by atoms with Crippen molar-refractivity contribution in [1.29, 1.82) is 0 Å². The maximum Gasteiger partial charge on any atom is 0.287 e. The lowest BCUT2D eigenvalue weighted by atomic mass is 10.7. The van der Waals surface area contributed by atoms with Gasteiger partial charge < -0.3 is 5.32 Å². The molecule has 0 aromatic rings. The van der Waals surface area contributed by atoms with E-state index in [0.717, 1.165) is 6.54 Å². The van der Waals surface area contributed by atoms with Gasteiger partial charge in [0.1, 0.15) is 6.54 Å². The van der Waals surface area contributed by atoms with Crippen molar-refractivity contribution in [3.63, 3.8) is 0 Å². The van der Waals surface area contributed by atoms with E-state index in [2.05, 4.69) is 5.32 Å². The van der Waals surface area contributed by atoms with Crippen LogP contribution in [0.25, 0.3) is 0 Å². The molecule has 0 saturated carbocycles. The Kier molecular flexibility index (Phi) is 1.02. The lowest BCUT2D eigenvalue weighted by molar-refractivity contribution is -0.108. The predicted molar refractivity (Wildman–Crippen MR) is 25.4 cm³/mol. The van der Waals surface area contributed by atoms with Gasteiger partial charge in [0.2, 0.25) is 5.12 Å². The van der Waals surface area contributed by atoms with E-state index in [1.165, 1.54) is 0 Å². The van der Waals surface area contributed by atoms with Crippen LogP contribution in [0, 0.1) is 6.54 Å². The van der Waals surface area contributed by atoms with Crippen LogP contribution in [0.3, 0.4) is 0 Å². The molecule has 0 spiro atoms. The fraction of sp³-hybridized carbons (Fsp3) is 0. The van der Waals surface area contributed by atoms with Crippen molar-refractivity contribution < 1.29 is 9.59 Å². The number of carbonyl (C=O) groups excluding carboxylic acids is 2. The molecule has 1 N–H and O–H groups in total. The van der Waals surface area contributed by atoms with Gasteiger partial charge in [-0.1, -0.05) is 0 Å². The number of carbonyl (C=O) groups is 2. The molecule has 1 rings (SSSR count). The van der Waals surface area contributed by atoms with Crippen LogP contribution < -0.4 is 5.32 Å². The summed E-state index contributed by atoms with van der Waals surface area (Å²) in [4.78, 5) is 20.1. The van der Waals surface area contributed by atoms with Gasteiger partial charge in [-0.25, -0.2) is 0 Å². The first-order valence-electron chi connectivity index (χ1n) is 1.64. The molecule has 1 amide bonds. The number of nitrogens with one attached hydrogen (secondary N) is 1. The molecule has 1 heterocycles. The number of hydrogen-bond donors (Lipinski definition) is 1. The van der Waals surface area contributed by atoms with Crippen molar-refractivity contribution in [3.8, 4) is 0 Å². The highest BCUT2D eigenvalue weighted by atomic mass is 32.2. The molecule has 0 aromatic carbocycles. The van der Waals surface area contributed by atoms with Crippen LogP contribution >= 0.6 is 11.8 Å². The minimum absolute atomic E-state index is 0.218. The summed E-state index contributed by atoms with van der Waals surface area (Å²) in [6.07, 6.45) is 0. The normalized spacial score (nSPS) is 20.0. The van der Waals surface area contributed by atoms with Gasteiger partial charge in [-0.2, -0.15) is 0 Å². The second kappa shape index (κ2) is 1.54. The van der Waals surface area contributed by atoms with Gasteiger partial charge in [0.25, 0.3) is 5.24 Å². The Morgan fingerprint density at radius 2 is 2.29 bits per heavy atom. The summed E-state index contributed by atoms with van der Waals surface area (Å²) in [5.41, 5.74) is 0. The minimum Gasteiger partial charge on any atom is -0.333 e. The molecule has 0 aliphatic carbocycles. The van der Waals surface area contributed by atoms with Crippen LogP contribution in [0.15, 0.2) is 0 Å². The van der Waals surface area contributed by atoms with Gasteiger partial charge in [0.05, 0.1) is 0 Å². The summed E-state index contributed by atoms with van der Waals surface area (Å²) in [7, 11) is 0. The van der Waals surface area contributed by atoms with Crippen molar-refractivity contribution in [2.45, 2.75) is 0 Å². The third-order valence-electron chi connectivity index (χ3n) is 0.501. The average Bonchev–Trinajstić information content (AvgIpc) is 1.87. The van der Waals surface area contributed by atoms with Crippen LogP contribution in [0.5, 0.6) is 0 Å². The zero-order valence-electron chi connectivity index (χ0n) is 3.30. The Hall–Kier alpha value is -0.510. The molecule has 1 saturated heterocycles. The quantitative estimate of drug-likeness (QED) is 0.489. The Bertz CT molecular complexity index is 108. The summed E-state index contributed by atoms with van der Waals surface area (Å²) in [6.45, 7) is 1.15. The Morgan fingerprint density at radius 3 is 2.43 bits per heavy atom. The molecule has 1 radical (unpaired) electrons. The van der Waals surface area contributed by atoms with E-state index in [1.54, 1.807) is 0 Å². The van der Waals surface area contributed by atoms with E-state index < -0.39 is 0 Å². The van der Waals surface area contributed by atoms with Gasteiger partial charge in [-0.15, -0.1) is 0 Å². The lowest BCUT2D eigenvalue weighted by Gasteiger charge is -1.75. The number of rotatable bonds is 0. The molecular weight excluding hydrogens is 114 g/mol. The van der Waals surface area contributed by atoms with E-state index >= 15 is 0 Å². The Balaban J connectivity index is 2.55. The fourth-order valence-corrected chi connectivity index (χ4v) is 0.687. The molecule has 0 bridgehead atoms. The van der Waals surface area contributed by atoms with E-state index in [9.17, 15) is 9.59 Å². The Morgan fingerprint density at radius 1 is 1.57 bits per heavy atom. The van der Waals surface area contributed by atoms with Crippen LogP contribution in [0.4, 0.5) is 4.79 Å². The molecule has 3 nitrogen and oxygen atoms in total. The summed E-state index contributed by atoms with van der Waals surface area (Å²) in [6, 6.07) is 0. The second-order valence-corrected chi connectivity index (χ2v) is 1.97. The SMILES string of the molecule is O=C1[CH]NC(=O)S1. The van der Waals surface area contributed by atoms with Crippen molar-refractivity contribution >= 4 is 22.1 Å². The smallest absolute Gasteiger partial charge is 0.287 e. The summed E-state index contributed by atoms with van der Waals surface area (Å²) >= 11 is 0.676. The van der Waals surface area contributed by atoms with Gasteiger partial charge in [0.15, 0.2) is 0 Å². The van der Waals surface area contributed by atoms with Crippen LogP contribution in [-0.4, -0.2) is 10.4 Å². The third kappa shape index (κ3) is 0.928. The number of thioether (sulfide) groups is 1. The monoisotopic (exact) mass is 116 g/mol. The predicted octanol–water partition coefficient (Wildman–Crippen LogP) is 0.131. The fourth-order valence-electron chi connectivity index (χ4n) is 0.268.